The van der Waals surface area contributed by atoms with Gasteiger partial charge >= 0.3 is 0 Å². The van der Waals surface area contributed by atoms with Crippen LogP contribution >= 0.6 is 0 Å². The predicted octanol–water partition coefficient (Wildman–Crippen LogP) is 3.68. The van der Waals surface area contributed by atoms with E-state index in [9.17, 15) is 4.79 Å². The number of hydrogen-bond acceptors (Lipinski definition) is 3. The molecule has 116 valence electrons. The van der Waals surface area contributed by atoms with Gasteiger partial charge in [-0.3, -0.25) is 4.79 Å². The molecule has 0 aliphatic carbocycles. The van der Waals surface area contributed by atoms with E-state index in [-0.39, 0.29) is 11.9 Å². The molecule has 1 atom stereocenters. The van der Waals surface area contributed by atoms with Crippen molar-refractivity contribution in [3.8, 4) is 0 Å². The van der Waals surface area contributed by atoms with Crippen molar-refractivity contribution in [2.45, 2.75) is 32.7 Å². The van der Waals surface area contributed by atoms with E-state index in [1.54, 1.807) is 12.3 Å². The summed E-state index contributed by atoms with van der Waals surface area (Å²) in [7, 11) is 0. The molecule has 2 aromatic rings. The molecule has 4 heteroatoms. The highest BCUT2D eigenvalue weighted by atomic mass is 16.3. The van der Waals surface area contributed by atoms with Gasteiger partial charge in [-0.15, -0.1) is 0 Å². The zero-order valence-corrected chi connectivity index (χ0v) is 13.1. The topological polar surface area (TPSA) is 45.5 Å². The average molecular weight is 298 g/mol. The minimum absolute atomic E-state index is 0.0560. The van der Waals surface area contributed by atoms with Gasteiger partial charge < -0.3 is 14.6 Å². The Bertz CT molecular complexity index is 657. The molecule has 0 bridgehead atoms. The Hall–Kier alpha value is -2.23. The molecule has 1 aliphatic heterocycles. The number of carbonyl (C=O) groups excluding carboxylic acids is 1. The van der Waals surface area contributed by atoms with Crippen LogP contribution in [0.5, 0.6) is 0 Å². The van der Waals surface area contributed by atoms with E-state index >= 15 is 0 Å². The molecular weight excluding hydrogens is 276 g/mol. The van der Waals surface area contributed by atoms with Gasteiger partial charge in [0, 0.05) is 24.3 Å². The summed E-state index contributed by atoms with van der Waals surface area (Å²) in [6.45, 7) is 6.11. The fourth-order valence-corrected chi connectivity index (χ4v) is 2.92. The minimum atomic E-state index is -0.165. The number of carbonyl (C=O) groups is 1. The molecule has 4 nitrogen and oxygen atoms in total. The number of hydrogen-bond donors (Lipinski definition) is 1. The van der Waals surface area contributed by atoms with E-state index in [4.69, 9.17) is 4.42 Å². The van der Waals surface area contributed by atoms with Crippen LogP contribution in [-0.4, -0.2) is 19.0 Å². The van der Waals surface area contributed by atoms with Gasteiger partial charge in [-0.2, -0.15) is 0 Å². The first kappa shape index (κ1) is 14.7. The van der Waals surface area contributed by atoms with Crippen LogP contribution in [0.4, 0.5) is 5.69 Å². The lowest BCUT2D eigenvalue weighted by atomic mass is 10.1. The molecule has 1 aromatic heterocycles. The van der Waals surface area contributed by atoms with Crippen molar-refractivity contribution in [1.29, 1.82) is 0 Å². The molecule has 3 rings (SSSR count). The van der Waals surface area contributed by atoms with Crippen molar-refractivity contribution < 1.29 is 9.21 Å². The van der Waals surface area contributed by atoms with E-state index in [1.807, 2.05) is 13.8 Å². The summed E-state index contributed by atoms with van der Waals surface area (Å²) in [6.07, 6.45) is 4.06. The molecule has 0 unspecified atom stereocenters. The van der Waals surface area contributed by atoms with Crippen molar-refractivity contribution in [3.63, 3.8) is 0 Å². The van der Waals surface area contributed by atoms with E-state index in [0.29, 0.717) is 5.76 Å². The predicted molar refractivity (Wildman–Crippen MR) is 87.2 cm³/mol. The molecule has 0 spiro atoms. The van der Waals surface area contributed by atoms with E-state index in [0.717, 1.165) is 24.2 Å². The lowest BCUT2D eigenvalue weighted by molar-refractivity contribution is 0.0911. The largest absolute Gasteiger partial charge is 0.459 e. The Kier molecular flexibility index (Phi) is 4.18. The molecule has 1 aliphatic rings. The lowest BCUT2D eigenvalue weighted by Gasteiger charge is -2.20. The van der Waals surface area contributed by atoms with Crippen LogP contribution in [0.15, 0.2) is 41.0 Å². The molecule has 1 amide bonds. The van der Waals surface area contributed by atoms with Gasteiger partial charge in [0.2, 0.25) is 0 Å². The fourth-order valence-electron chi connectivity index (χ4n) is 2.92. The lowest BCUT2D eigenvalue weighted by Crippen LogP contribution is -2.27. The second-order valence-electron chi connectivity index (χ2n) is 5.92. The van der Waals surface area contributed by atoms with E-state index < -0.39 is 0 Å². The normalized spacial score (nSPS) is 15.8. The maximum Gasteiger partial charge on any atom is 0.287 e. The first-order chi connectivity index (χ1) is 10.6. The van der Waals surface area contributed by atoms with Crippen molar-refractivity contribution in [2.75, 3.05) is 18.0 Å². The third-order valence-corrected chi connectivity index (χ3v) is 4.26. The number of anilines is 1. The molecule has 1 aromatic carbocycles. The van der Waals surface area contributed by atoms with Crippen LogP contribution in [0.25, 0.3) is 0 Å². The fraction of sp³-hybridized carbons (Fsp3) is 0.389. The molecule has 1 fully saturated rings. The first-order valence-electron chi connectivity index (χ1n) is 7.85. The highest BCUT2D eigenvalue weighted by Crippen LogP contribution is 2.24. The number of nitrogens with one attached hydrogen (secondary N) is 1. The van der Waals surface area contributed by atoms with Crippen molar-refractivity contribution in [3.05, 3.63) is 53.5 Å². The summed E-state index contributed by atoms with van der Waals surface area (Å²) >= 11 is 0. The second-order valence-corrected chi connectivity index (χ2v) is 5.92. The molecule has 1 saturated heterocycles. The Labute approximate surface area is 131 Å². The zero-order valence-electron chi connectivity index (χ0n) is 13.1. The van der Waals surface area contributed by atoms with Gasteiger partial charge in [-0.25, -0.2) is 0 Å². The van der Waals surface area contributed by atoms with Crippen LogP contribution in [0.3, 0.4) is 0 Å². The summed E-state index contributed by atoms with van der Waals surface area (Å²) in [5, 5.41) is 3.01. The molecule has 0 radical (unpaired) electrons. The van der Waals surface area contributed by atoms with Gasteiger partial charge in [0.05, 0.1) is 12.3 Å². The monoisotopic (exact) mass is 298 g/mol. The van der Waals surface area contributed by atoms with Gasteiger partial charge in [0.1, 0.15) is 0 Å². The van der Waals surface area contributed by atoms with Crippen LogP contribution in [0, 0.1) is 6.92 Å². The molecule has 1 N–H and O–H groups in total. The van der Waals surface area contributed by atoms with Gasteiger partial charge in [-0.1, -0.05) is 12.1 Å². The molecular formula is C18H22N2O2. The summed E-state index contributed by atoms with van der Waals surface area (Å²) in [5.74, 6) is 0.226. The Balaban J connectivity index is 1.72. The number of furan rings is 1. The Morgan fingerprint density at radius 3 is 2.73 bits per heavy atom. The average Bonchev–Trinajstić information content (AvgIpc) is 3.18. The van der Waals surface area contributed by atoms with Crippen molar-refractivity contribution in [1.82, 2.24) is 5.32 Å². The second kappa shape index (κ2) is 6.26. The third-order valence-electron chi connectivity index (χ3n) is 4.26. The Morgan fingerprint density at radius 2 is 2.05 bits per heavy atom. The van der Waals surface area contributed by atoms with Crippen LogP contribution in [0.2, 0.25) is 0 Å². The summed E-state index contributed by atoms with van der Waals surface area (Å²) in [4.78, 5) is 14.6. The number of nitrogens with zero attached hydrogens (tertiary/aromatic N) is 1. The molecule has 2 heterocycles. The smallest absolute Gasteiger partial charge is 0.287 e. The minimum Gasteiger partial charge on any atom is -0.459 e. The first-order valence-corrected chi connectivity index (χ1v) is 7.85. The molecule has 22 heavy (non-hydrogen) atoms. The summed E-state index contributed by atoms with van der Waals surface area (Å²) < 4.78 is 5.25. The number of benzene rings is 1. The summed E-state index contributed by atoms with van der Waals surface area (Å²) in [5.41, 5.74) is 3.21. The number of rotatable bonds is 4. The van der Waals surface area contributed by atoms with Crippen molar-refractivity contribution >= 4 is 11.6 Å². The Morgan fingerprint density at radius 1 is 1.27 bits per heavy atom. The maximum atomic E-state index is 12.2. The van der Waals surface area contributed by atoms with E-state index in [1.165, 1.54) is 18.5 Å². The van der Waals surface area contributed by atoms with Crippen LogP contribution in [-0.2, 0) is 0 Å². The van der Waals surface area contributed by atoms with Gasteiger partial charge in [-0.05, 0) is 50.5 Å². The van der Waals surface area contributed by atoms with Crippen LogP contribution < -0.4 is 10.2 Å². The zero-order chi connectivity index (χ0) is 15.5. The van der Waals surface area contributed by atoms with Crippen LogP contribution in [0.1, 0.15) is 47.5 Å². The quantitative estimate of drug-likeness (QED) is 0.936. The summed E-state index contributed by atoms with van der Waals surface area (Å²) in [6, 6.07) is 10.2. The number of amides is 1. The maximum absolute atomic E-state index is 12.2. The number of aryl methyl sites for hydroxylation is 1. The highest BCUT2D eigenvalue weighted by Gasteiger charge is 2.17. The van der Waals surface area contributed by atoms with Crippen molar-refractivity contribution in [2.24, 2.45) is 0 Å². The standard InChI is InChI=1S/C18H22N2O2/c1-13-8-11-22-17(13)18(21)19-14(2)15-6-5-7-16(12-15)20-9-3-4-10-20/h5-8,11-12,14H,3-4,9-10H2,1-2H3,(H,19,21)/t14-/m1/s1. The van der Waals surface area contributed by atoms with Gasteiger partial charge in [0.15, 0.2) is 5.76 Å². The SMILES string of the molecule is Cc1ccoc1C(=O)N[C@H](C)c1cccc(N2CCCC2)c1. The van der Waals surface area contributed by atoms with E-state index in [2.05, 4.69) is 34.5 Å². The highest BCUT2D eigenvalue weighted by molar-refractivity contribution is 5.93. The molecule has 0 saturated carbocycles. The van der Waals surface area contributed by atoms with Gasteiger partial charge in [0.25, 0.3) is 5.91 Å². The third kappa shape index (κ3) is 3.01.